The molecule has 2 aliphatic rings. The number of benzene rings is 1. The minimum Gasteiger partial charge on any atom is -0.481 e. The normalized spacial score (nSPS) is 29.6. The quantitative estimate of drug-likeness (QED) is 0.836. The molecule has 0 radical (unpaired) electrons. The second-order valence-electron chi connectivity index (χ2n) is 5.88. The molecule has 0 aliphatic heterocycles. The summed E-state index contributed by atoms with van der Waals surface area (Å²) >= 11 is 0. The fourth-order valence-corrected chi connectivity index (χ4v) is 3.61. The predicted molar refractivity (Wildman–Crippen MR) is 79.8 cm³/mol. The largest absolute Gasteiger partial charge is 0.481 e. The molecular formula is C17H19NO3. The van der Waals surface area contributed by atoms with Crippen molar-refractivity contribution >= 4 is 17.6 Å². The van der Waals surface area contributed by atoms with Gasteiger partial charge in [0.25, 0.3) is 0 Å². The summed E-state index contributed by atoms with van der Waals surface area (Å²) in [5, 5.41) is 12.3. The van der Waals surface area contributed by atoms with Crippen LogP contribution < -0.4 is 5.32 Å². The minimum absolute atomic E-state index is 0.00484. The molecule has 4 atom stereocenters. The summed E-state index contributed by atoms with van der Waals surface area (Å²) in [6, 6.07) is 7.70. The summed E-state index contributed by atoms with van der Waals surface area (Å²) in [5.74, 6) is -2.02. The second kappa shape index (κ2) is 5.35. The number of allylic oxidation sites excluding steroid dienone is 2. The Morgan fingerprint density at radius 1 is 1.24 bits per heavy atom. The van der Waals surface area contributed by atoms with Crippen LogP contribution in [0.4, 0.5) is 5.69 Å². The van der Waals surface area contributed by atoms with E-state index in [0.717, 1.165) is 24.1 Å². The Morgan fingerprint density at radius 3 is 2.62 bits per heavy atom. The molecule has 2 aliphatic carbocycles. The van der Waals surface area contributed by atoms with Crippen LogP contribution in [-0.4, -0.2) is 17.0 Å². The highest BCUT2D eigenvalue weighted by Crippen LogP contribution is 2.48. The maximum absolute atomic E-state index is 12.5. The molecule has 1 fully saturated rings. The number of carboxylic acid groups (broad SMARTS) is 1. The number of nitrogens with one attached hydrogen (secondary N) is 1. The first kappa shape index (κ1) is 13.9. The number of aliphatic carboxylic acids is 1. The van der Waals surface area contributed by atoms with E-state index in [4.69, 9.17) is 0 Å². The van der Waals surface area contributed by atoms with Crippen molar-refractivity contribution in [2.24, 2.45) is 23.7 Å². The molecule has 1 aromatic rings. The molecule has 0 aromatic heterocycles. The zero-order chi connectivity index (χ0) is 15.0. The van der Waals surface area contributed by atoms with Gasteiger partial charge in [0, 0.05) is 5.69 Å². The highest BCUT2D eigenvalue weighted by molar-refractivity contribution is 5.96. The van der Waals surface area contributed by atoms with E-state index in [1.807, 2.05) is 36.4 Å². The lowest BCUT2D eigenvalue weighted by atomic mass is 9.82. The van der Waals surface area contributed by atoms with Crippen molar-refractivity contribution in [2.45, 2.75) is 19.8 Å². The molecule has 1 saturated carbocycles. The van der Waals surface area contributed by atoms with Gasteiger partial charge in [-0.1, -0.05) is 31.2 Å². The van der Waals surface area contributed by atoms with E-state index in [1.54, 1.807) is 0 Å². The van der Waals surface area contributed by atoms with Gasteiger partial charge in [0.2, 0.25) is 5.91 Å². The summed E-state index contributed by atoms with van der Waals surface area (Å²) in [6.45, 7) is 2.06. The first-order valence-electron chi connectivity index (χ1n) is 7.41. The van der Waals surface area contributed by atoms with Crippen LogP contribution in [0.2, 0.25) is 0 Å². The van der Waals surface area contributed by atoms with Gasteiger partial charge in [0.05, 0.1) is 11.8 Å². The standard InChI is InChI=1S/C17H19NO3/c1-2-10-4-3-5-13(8-10)18-16(19)14-11-6-7-12(9-11)15(14)17(20)21/h3-8,11-12,14-15H,2,9H2,1H3,(H,18,19)(H,20,21)/t11-,12-,14+,15+/m0/s1. The molecule has 4 heteroatoms. The third kappa shape index (κ3) is 2.46. The molecule has 2 bridgehead atoms. The zero-order valence-electron chi connectivity index (χ0n) is 12.0. The molecule has 110 valence electrons. The number of hydrogen-bond donors (Lipinski definition) is 2. The Labute approximate surface area is 123 Å². The van der Waals surface area contributed by atoms with Gasteiger partial charge in [-0.2, -0.15) is 0 Å². The van der Waals surface area contributed by atoms with Gasteiger partial charge in [0.1, 0.15) is 0 Å². The van der Waals surface area contributed by atoms with Crippen molar-refractivity contribution in [1.82, 2.24) is 0 Å². The summed E-state index contributed by atoms with van der Waals surface area (Å²) in [4.78, 5) is 24.0. The van der Waals surface area contributed by atoms with Crippen molar-refractivity contribution in [3.05, 3.63) is 42.0 Å². The van der Waals surface area contributed by atoms with Crippen LogP contribution >= 0.6 is 0 Å². The molecule has 1 aromatic carbocycles. The van der Waals surface area contributed by atoms with E-state index in [2.05, 4.69) is 12.2 Å². The van der Waals surface area contributed by atoms with Crippen molar-refractivity contribution in [3.63, 3.8) is 0 Å². The Morgan fingerprint density at radius 2 is 1.95 bits per heavy atom. The first-order chi connectivity index (χ1) is 10.1. The Hall–Kier alpha value is -2.10. The van der Waals surface area contributed by atoms with Gasteiger partial charge in [-0.05, 0) is 42.4 Å². The van der Waals surface area contributed by atoms with Crippen molar-refractivity contribution in [1.29, 1.82) is 0 Å². The van der Waals surface area contributed by atoms with Gasteiger partial charge >= 0.3 is 5.97 Å². The highest BCUT2D eigenvalue weighted by Gasteiger charge is 2.51. The molecular weight excluding hydrogens is 266 g/mol. The molecule has 4 nitrogen and oxygen atoms in total. The summed E-state index contributed by atoms with van der Waals surface area (Å²) in [6.07, 6.45) is 5.63. The molecule has 0 unspecified atom stereocenters. The van der Waals surface area contributed by atoms with Crippen LogP contribution in [0, 0.1) is 23.7 Å². The smallest absolute Gasteiger partial charge is 0.307 e. The SMILES string of the molecule is CCc1cccc(NC(=O)[C@H]2[C@H](C(=O)O)[C@H]3C=C[C@H]2C3)c1. The fourth-order valence-electron chi connectivity index (χ4n) is 3.61. The molecule has 1 amide bonds. The van der Waals surface area contributed by atoms with Gasteiger partial charge in [-0.15, -0.1) is 0 Å². The summed E-state index contributed by atoms with van der Waals surface area (Å²) in [7, 11) is 0. The monoisotopic (exact) mass is 285 g/mol. The number of carboxylic acids is 1. The van der Waals surface area contributed by atoms with E-state index in [0.29, 0.717) is 0 Å². The lowest BCUT2D eigenvalue weighted by molar-refractivity contribution is -0.146. The second-order valence-corrected chi connectivity index (χ2v) is 5.88. The fraction of sp³-hybridized carbons (Fsp3) is 0.412. The van der Waals surface area contributed by atoms with Gasteiger partial charge < -0.3 is 10.4 Å². The third-order valence-electron chi connectivity index (χ3n) is 4.65. The van der Waals surface area contributed by atoms with Crippen LogP contribution in [0.1, 0.15) is 18.9 Å². The van der Waals surface area contributed by atoms with Crippen LogP contribution in [0.5, 0.6) is 0 Å². The number of carbonyl (C=O) groups excluding carboxylic acids is 1. The van der Waals surface area contributed by atoms with Crippen LogP contribution in [0.25, 0.3) is 0 Å². The van der Waals surface area contributed by atoms with E-state index in [9.17, 15) is 14.7 Å². The van der Waals surface area contributed by atoms with Crippen molar-refractivity contribution < 1.29 is 14.7 Å². The summed E-state index contributed by atoms with van der Waals surface area (Å²) in [5.41, 5.74) is 1.89. The maximum Gasteiger partial charge on any atom is 0.307 e. The van der Waals surface area contributed by atoms with Crippen LogP contribution in [0.15, 0.2) is 36.4 Å². The molecule has 0 heterocycles. The Kier molecular flexibility index (Phi) is 3.53. The lowest BCUT2D eigenvalue weighted by Crippen LogP contribution is -2.36. The third-order valence-corrected chi connectivity index (χ3v) is 4.65. The van der Waals surface area contributed by atoms with Crippen molar-refractivity contribution in [3.8, 4) is 0 Å². The van der Waals surface area contributed by atoms with Crippen LogP contribution in [0.3, 0.4) is 0 Å². The topological polar surface area (TPSA) is 66.4 Å². The van der Waals surface area contributed by atoms with E-state index >= 15 is 0 Å². The predicted octanol–water partition coefficient (Wildman–Crippen LogP) is 2.71. The minimum atomic E-state index is -0.866. The number of anilines is 1. The van der Waals surface area contributed by atoms with Crippen molar-refractivity contribution in [2.75, 3.05) is 5.32 Å². The van der Waals surface area contributed by atoms with E-state index in [1.165, 1.54) is 0 Å². The number of amides is 1. The Bertz CT molecular complexity index is 608. The number of carbonyl (C=O) groups is 2. The zero-order valence-corrected chi connectivity index (χ0v) is 12.0. The first-order valence-corrected chi connectivity index (χ1v) is 7.41. The molecule has 0 saturated heterocycles. The number of aryl methyl sites for hydroxylation is 1. The summed E-state index contributed by atoms with van der Waals surface area (Å²) < 4.78 is 0. The lowest BCUT2D eigenvalue weighted by Gasteiger charge is -2.23. The molecule has 21 heavy (non-hydrogen) atoms. The van der Waals surface area contributed by atoms with E-state index in [-0.39, 0.29) is 17.7 Å². The van der Waals surface area contributed by atoms with E-state index < -0.39 is 17.8 Å². The number of fused-ring (bicyclic) bond motifs is 2. The van der Waals surface area contributed by atoms with Gasteiger partial charge in [0.15, 0.2) is 0 Å². The highest BCUT2D eigenvalue weighted by atomic mass is 16.4. The molecule has 0 spiro atoms. The van der Waals surface area contributed by atoms with Gasteiger partial charge in [-0.25, -0.2) is 0 Å². The molecule has 2 N–H and O–H groups in total. The maximum atomic E-state index is 12.5. The Balaban J connectivity index is 1.78. The average molecular weight is 285 g/mol. The number of rotatable bonds is 4. The average Bonchev–Trinajstić information content (AvgIpc) is 3.07. The van der Waals surface area contributed by atoms with Crippen LogP contribution in [-0.2, 0) is 16.0 Å². The number of hydrogen-bond acceptors (Lipinski definition) is 2. The van der Waals surface area contributed by atoms with Gasteiger partial charge in [-0.3, -0.25) is 9.59 Å². The molecule has 3 rings (SSSR count).